The molecule has 0 unspecified atom stereocenters. The zero-order valence-corrected chi connectivity index (χ0v) is 8.67. The van der Waals surface area contributed by atoms with E-state index in [9.17, 15) is 0 Å². The zero-order chi connectivity index (χ0) is 8.93. The molecule has 1 fully saturated rings. The zero-order valence-electron chi connectivity index (χ0n) is 8.67. The van der Waals surface area contributed by atoms with Crippen LogP contribution in [-0.2, 0) is 0 Å². The third kappa shape index (κ3) is 2.59. The fourth-order valence-electron chi connectivity index (χ4n) is 2.96. The molecule has 0 saturated heterocycles. The molecule has 13 heavy (non-hydrogen) atoms. The summed E-state index contributed by atoms with van der Waals surface area (Å²) in [5.74, 6) is 1.99. The maximum Gasteiger partial charge on any atom is -0.0205 e. The lowest BCUT2D eigenvalue weighted by Gasteiger charge is -2.27. The van der Waals surface area contributed by atoms with Gasteiger partial charge in [-0.3, -0.25) is 0 Å². The number of allylic oxidation sites excluding steroid dienone is 2. The minimum Gasteiger partial charge on any atom is -0.0882 e. The average molecular weight is 178 g/mol. The summed E-state index contributed by atoms with van der Waals surface area (Å²) in [5, 5.41) is 0. The van der Waals surface area contributed by atoms with Crippen molar-refractivity contribution in [3.63, 3.8) is 0 Å². The molecule has 2 aliphatic rings. The lowest BCUT2D eigenvalue weighted by atomic mass is 9.78. The Bertz CT molecular complexity index is 163. The second-order valence-electron chi connectivity index (χ2n) is 4.77. The first-order valence-corrected chi connectivity index (χ1v) is 6.13. The normalized spacial score (nSPS) is 31.5. The van der Waals surface area contributed by atoms with Gasteiger partial charge >= 0.3 is 0 Å². The van der Waals surface area contributed by atoms with Crippen LogP contribution in [0.15, 0.2) is 12.2 Å². The van der Waals surface area contributed by atoms with Crippen LogP contribution in [0.3, 0.4) is 0 Å². The fourth-order valence-corrected chi connectivity index (χ4v) is 2.96. The monoisotopic (exact) mass is 178 g/mol. The van der Waals surface area contributed by atoms with E-state index in [-0.39, 0.29) is 0 Å². The van der Waals surface area contributed by atoms with E-state index < -0.39 is 0 Å². The molecule has 0 bridgehead atoms. The van der Waals surface area contributed by atoms with E-state index in [4.69, 9.17) is 0 Å². The fraction of sp³-hybridized carbons (Fsp3) is 0.846. The Morgan fingerprint density at radius 3 is 2.38 bits per heavy atom. The van der Waals surface area contributed by atoms with Crippen molar-refractivity contribution in [3.8, 4) is 0 Å². The van der Waals surface area contributed by atoms with Crippen molar-refractivity contribution < 1.29 is 0 Å². The minimum absolute atomic E-state index is 0.947. The molecule has 0 heteroatoms. The van der Waals surface area contributed by atoms with Gasteiger partial charge in [-0.1, -0.05) is 37.8 Å². The molecule has 0 aromatic rings. The standard InChI is InChI=1S/C13H22/c1-2-5-9-12(8-4-1)13-10-6-3-7-11-13/h4,8,12-13H,1-3,5-7,9-11H2/t12-/m0/s1. The first-order chi connectivity index (χ1) is 6.47. The Morgan fingerprint density at radius 2 is 1.54 bits per heavy atom. The summed E-state index contributed by atoms with van der Waals surface area (Å²) >= 11 is 0. The maximum absolute atomic E-state index is 2.53. The second-order valence-corrected chi connectivity index (χ2v) is 4.77. The molecule has 1 saturated carbocycles. The van der Waals surface area contributed by atoms with E-state index in [0.717, 1.165) is 11.8 Å². The van der Waals surface area contributed by atoms with Crippen LogP contribution in [0.25, 0.3) is 0 Å². The third-order valence-corrected chi connectivity index (χ3v) is 3.80. The van der Waals surface area contributed by atoms with Crippen LogP contribution in [0.2, 0.25) is 0 Å². The van der Waals surface area contributed by atoms with Crippen LogP contribution in [-0.4, -0.2) is 0 Å². The van der Waals surface area contributed by atoms with Gasteiger partial charge in [0.15, 0.2) is 0 Å². The summed E-state index contributed by atoms with van der Waals surface area (Å²) in [6.07, 6.45) is 18.2. The van der Waals surface area contributed by atoms with Crippen molar-refractivity contribution in [2.45, 2.75) is 57.8 Å². The Kier molecular flexibility index (Phi) is 3.46. The summed E-state index contributed by atoms with van der Waals surface area (Å²) in [6.45, 7) is 0. The molecule has 0 aliphatic heterocycles. The van der Waals surface area contributed by atoms with Crippen LogP contribution in [0, 0.1) is 11.8 Å². The predicted octanol–water partition coefficient (Wildman–Crippen LogP) is 4.31. The summed E-state index contributed by atoms with van der Waals surface area (Å²) in [7, 11) is 0. The second kappa shape index (κ2) is 4.83. The summed E-state index contributed by atoms with van der Waals surface area (Å²) in [5.41, 5.74) is 0. The van der Waals surface area contributed by atoms with E-state index in [1.165, 1.54) is 57.8 Å². The van der Waals surface area contributed by atoms with Gasteiger partial charge in [0.1, 0.15) is 0 Å². The van der Waals surface area contributed by atoms with Gasteiger partial charge < -0.3 is 0 Å². The molecule has 0 aromatic heterocycles. The molecular formula is C13H22. The van der Waals surface area contributed by atoms with Gasteiger partial charge in [0, 0.05) is 0 Å². The molecule has 1 atom stereocenters. The Hall–Kier alpha value is -0.260. The van der Waals surface area contributed by atoms with E-state index in [1.54, 1.807) is 0 Å². The van der Waals surface area contributed by atoms with Crippen LogP contribution < -0.4 is 0 Å². The third-order valence-electron chi connectivity index (χ3n) is 3.80. The van der Waals surface area contributed by atoms with Gasteiger partial charge in [-0.25, -0.2) is 0 Å². The molecule has 74 valence electrons. The Morgan fingerprint density at radius 1 is 0.769 bits per heavy atom. The molecule has 2 rings (SSSR count). The smallest absolute Gasteiger partial charge is 0.0205 e. The number of hydrogen-bond donors (Lipinski definition) is 0. The van der Waals surface area contributed by atoms with Crippen molar-refractivity contribution in [2.75, 3.05) is 0 Å². The van der Waals surface area contributed by atoms with Crippen molar-refractivity contribution in [1.29, 1.82) is 0 Å². The molecule has 2 aliphatic carbocycles. The predicted molar refractivity (Wildman–Crippen MR) is 57.7 cm³/mol. The highest BCUT2D eigenvalue weighted by molar-refractivity contribution is 4.94. The summed E-state index contributed by atoms with van der Waals surface area (Å²) in [6, 6.07) is 0. The molecule has 0 spiro atoms. The van der Waals surface area contributed by atoms with E-state index in [1.807, 2.05) is 0 Å². The van der Waals surface area contributed by atoms with E-state index >= 15 is 0 Å². The quantitative estimate of drug-likeness (QED) is 0.525. The van der Waals surface area contributed by atoms with Crippen molar-refractivity contribution >= 4 is 0 Å². The molecular weight excluding hydrogens is 156 g/mol. The van der Waals surface area contributed by atoms with Gasteiger partial charge in [-0.15, -0.1) is 0 Å². The molecule has 0 amide bonds. The Balaban J connectivity index is 1.89. The highest BCUT2D eigenvalue weighted by Crippen LogP contribution is 2.34. The summed E-state index contributed by atoms with van der Waals surface area (Å²) < 4.78 is 0. The van der Waals surface area contributed by atoms with Crippen molar-refractivity contribution in [3.05, 3.63) is 12.2 Å². The maximum atomic E-state index is 2.53. The SMILES string of the molecule is C1=C[C@H](C2CCCCC2)CCCC1. The van der Waals surface area contributed by atoms with E-state index in [2.05, 4.69) is 12.2 Å². The van der Waals surface area contributed by atoms with E-state index in [0.29, 0.717) is 0 Å². The lowest BCUT2D eigenvalue weighted by molar-refractivity contribution is 0.273. The van der Waals surface area contributed by atoms with Gasteiger partial charge in [0.25, 0.3) is 0 Å². The van der Waals surface area contributed by atoms with Crippen LogP contribution >= 0.6 is 0 Å². The first kappa shape index (κ1) is 9.30. The van der Waals surface area contributed by atoms with Crippen molar-refractivity contribution in [2.24, 2.45) is 11.8 Å². The molecule has 0 heterocycles. The van der Waals surface area contributed by atoms with Crippen LogP contribution in [0.5, 0.6) is 0 Å². The highest BCUT2D eigenvalue weighted by Gasteiger charge is 2.21. The lowest BCUT2D eigenvalue weighted by Crippen LogP contribution is -2.15. The molecule has 0 nitrogen and oxygen atoms in total. The molecule has 0 radical (unpaired) electrons. The highest BCUT2D eigenvalue weighted by atomic mass is 14.3. The molecule has 0 aromatic carbocycles. The van der Waals surface area contributed by atoms with Gasteiger partial charge in [0.05, 0.1) is 0 Å². The first-order valence-electron chi connectivity index (χ1n) is 6.13. The van der Waals surface area contributed by atoms with Gasteiger partial charge in [-0.2, -0.15) is 0 Å². The average Bonchev–Trinajstić information content (AvgIpc) is 2.47. The summed E-state index contributed by atoms with van der Waals surface area (Å²) in [4.78, 5) is 0. The van der Waals surface area contributed by atoms with Gasteiger partial charge in [-0.05, 0) is 43.9 Å². The topological polar surface area (TPSA) is 0 Å². The van der Waals surface area contributed by atoms with Gasteiger partial charge in [0.2, 0.25) is 0 Å². The number of hydrogen-bond acceptors (Lipinski definition) is 0. The van der Waals surface area contributed by atoms with Crippen LogP contribution in [0.4, 0.5) is 0 Å². The minimum atomic E-state index is 0.947. The largest absolute Gasteiger partial charge is 0.0882 e. The molecule has 0 N–H and O–H groups in total. The Labute approximate surface area is 82.4 Å². The van der Waals surface area contributed by atoms with Crippen LogP contribution in [0.1, 0.15) is 57.8 Å². The van der Waals surface area contributed by atoms with Crippen molar-refractivity contribution in [1.82, 2.24) is 0 Å². The number of rotatable bonds is 1.